The van der Waals surface area contributed by atoms with Gasteiger partial charge < -0.3 is 15.2 Å². The Bertz CT molecular complexity index is 320. The smallest absolute Gasteiger partial charge is 0.0962 e. The summed E-state index contributed by atoms with van der Waals surface area (Å²) in [5, 5.41) is 7.81. The number of nitrogens with two attached hydrogens (primary N) is 1. The average molecular weight is 242 g/mol. The molecule has 1 rings (SSSR count). The van der Waals surface area contributed by atoms with E-state index in [0.29, 0.717) is 32.9 Å². The minimum Gasteiger partial charge on any atom is -0.377 e. The summed E-state index contributed by atoms with van der Waals surface area (Å²) in [7, 11) is 0. The van der Waals surface area contributed by atoms with Crippen LogP contribution < -0.4 is 5.73 Å². The molecule has 0 aliphatic rings. The van der Waals surface area contributed by atoms with Crippen LogP contribution in [0.5, 0.6) is 0 Å². The maximum absolute atomic E-state index is 5.53. The Labute approximate surface area is 102 Å². The molecule has 0 aliphatic carbocycles. The molecule has 0 saturated carbocycles. The van der Waals surface area contributed by atoms with E-state index in [0.717, 1.165) is 5.69 Å². The number of nitrogens with zero attached hydrogens (tertiary/aromatic N) is 3. The summed E-state index contributed by atoms with van der Waals surface area (Å²) >= 11 is 0. The molecule has 0 unspecified atom stereocenters. The summed E-state index contributed by atoms with van der Waals surface area (Å²) in [6.45, 7) is 8.97. The van der Waals surface area contributed by atoms with Crippen molar-refractivity contribution in [3.8, 4) is 0 Å². The quantitative estimate of drug-likeness (QED) is 0.707. The van der Waals surface area contributed by atoms with Gasteiger partial charge >= 0.3 is 0 Å². The van der Waals surface area contributed by atoms with Gasteiger partial charge in [-0.05, 0) is 20.8 Å². The largest absolute Gasteiger partial charge is 0.377 e. The minimum atomic E-state index is -0.106. The van der Waals surface area contributed by atoms with Gasteiger partial charge in [0.25, 0.3) is 0 Å². The van der Waals surface area contributed by atoms with Crippen molar-refractivity contribution < 1.29 is 9.47 Å². The van der Waals surface area contributed by atoms with E-state index >= 15 is 0 Å². The van der Waals surface area contributed by atoms with E-state index in [1.54, 1.807) is 4.68 Å². The summed E-state index contributed by atoms with van der Waals surface area (Å²) < 4.78 is 12.7. The Morgan fingerprint density at radius 3 is 2.65 bits per heavy atom. The lowest BCUT2D eigenvalue weighted by atomic mass is 10.2. The lowest BCUT2D eigenvalue weighted by Crippen LogP contribution is -2.22. The third-order valence-electron chi connectivity index (χ3n) is 2.02. The summed E-state index contributed by atoms with van der Waals surface area (Å²) in [5.74, 6) is 0. The topological polar surface area (TPSA) is 75.2 Å². The monoisotopic (exact) mass is 242 g/mol. The van der Waals surface area contributed by atoms with Crippen LogP contribution in [0.1, 0.15) is 26.5 Å². The predicted octanol–water partition coefficient (Wildman–Crippen LogP) is 0.568. The second-order valence-electron chi connectivity index (χ2n) is 4.75. The maximum Gasteiger partial charge on any atom is 0.0962 e. The van der Waals surface area contributed by atoms with Gasteiger partial charge in [-0.1, -0.05) is 5.21 Å². The molecule has 0 bridgehead atoms. The summed E-state index contributed by atoms with van der Waals surface area (Å²) in [5.41, 5.74) is 6.12. The zero-order chi connectivity index (χ0) is 12.7. The van der Waals surface area contributed by atoms with Crippen LogP contribution >= 0.6 is 0 Å². The standard InChI is InChI=1S/C11H22N4O2/c1-11(2,3)17-7-6-16-5-4-15-9-10(8-12)13-14-15/h9H,4-8,12H2,1-3H3. The van der Waals surface area contributed by atoms with Crippen molar-refractivity contribution in [2.45, 2.75) is 39.5 Å². The zero-order valence-electron chi connectivity index (χ0n) is 10.8. The van der Waals surface area contributed by atoms with E-state index in [1.165, 1.54) is 0 Å². The normalized spacial score (nSPS) is 12.0. The van der Waals surface area contributed by atoms with E-state index in [2.05, 4.69) is 10.3 Å². The number of hydrogen-bond donors (Lipinski definition) is 1. The molecule has 0 radical (unpaired) electrons. The maximum atomic E-state index is 5.53. The Morgan fingerprint density at radius 2 is 2.06 bits per heavy atom. The Balaban J connectivity index is 2.04. The molecule has 98 valence electrons. The Morgan fingerprint density at radius 1 is 1.29 bits per heavy atom. The van der Waals surface area contributed by atoms with Gasteiger partial charge in [0.1, 0.15) is 0 Å². The summed E-state index contributed by atoms with van der Waals surface area (Å²) in [6.07, 6.45) is 1.83. The Kier molecular flexibility index (Phi) is 5.54. The molecule has 6 heteroatoms. The highest BCUT2D eigenvalue weighted by molar-refractivity contribution is 4.90. The zero-order valence-corrected chi connectivity index (χ0v) is 10.8. The van der Waals surface area contributed by atoms with E-state index in [4.69, 9.17) is 15.2 Å². The van der Waals surface area contributed by atoms with Crippen molar-refractivity contribution in [2.75, 3.05) is 19.8 Å². The van der Waals surface area contributed by atoms with Crippen LogP contribution in [-0.2, 0) is 22.6 Å². The highest BCUT2D eigenvalue weighted by atomic mass is 16.5. The number of rotatable bonds is 7. The van der Waals surface area contributed by atoms with Crippen LogP contribution in [0.15, 0.2) is 6.20 Å². The fourth-order valence-electron chi connectivity index (χ4n) is 1.21. The number of ether oxygens (including phenoxy) is 2. The van der Waals surface area contributed by atoms with Gasteiger partial charge in [0.15, 0.2) is 0 Å². The van der Waals surface area contributed by atoms with Crippen LogP contribution in [0, 0.1) is 0 Å². The first kappa shape index (κ1) is 14.1. The molecule has 2 N–H and O–H groups in total. The molecule has 0 aromatic carbocycles. The van der Waals surface area contributed by atoms with E-state index in [1.807, 2.05) is 27.0 Å². The average Bonchev–Trinajstić information content (AvgIpc) is 2.69. The fraction of sp³-hybridized carbons (Fsp3) is 0.818. The first-order valence-electron chi connectivity index (χ1n) is 5.82. The third-order valence-corrected chi connectivity index (χ3v) is 2.02. The summed E-state index contributed by atoms with van der Waals surface area (Å²) in [6, 6.07) is 0. The van der Waals surface area contributed by atoms with E-state index < -0.39 is 0 Å². The van der Waals surface area contributed by atoms with Gasteiger partial charge in [-0.2, -0.15) is 0 Å². The second kappa shape index (κ2) is 6.68. The van der Waals surface area contributed by atoms with Crippen molar-refractivity contribution in [1.82, 2.24) is 15.0 Å². The van der Waals surface area contributed by atoms with E-state index in [-0.39, 0.29) is 5.60 Å². The van der Waals surface area contributed by atoms with Crippen LogP contribution in [0.25, 0.3) is 0 Å². The molecule has 0 atom stereocenters. The molecule has 1 aromatic rings. The molecule has 1 heterocycles. The number of aromatic nitrogens is 3. The molecule has 0 aliphatic heterocycles. The molecule has 0 fully saturated rings. The first-order valence-corrected chi connectivity index (χ1v) is 5.82. The van der Waals surface area contributed by atoms with Gasteiger partial charge in [0.05, 0.1) is 37.7 Å². The van der Waals surface area contributed by atoms with Crippen molar-refractivity contribution in [1.29, 1.82) is 0 Å². The van der Waals surface area contributed by atoms with Gasteiger partial charge in [-0.15, -0.1) is 5.10 Å². The Hall–Kier alpha value is -0.980. The molecule has 0 spiro atoms. The van der Waals surface area contributed by atoms with Crippen molar-refractivity contribution in [3.05, 3.63) is 11.9 Å². The van der Waals surface area contributed by atoms with Crippen LogP contribution in [0.2, 0.25) is 0 Å². The van der Waals surface area contributed by atoms with Gasteiger partial charge in [-0.3, -0.25) is 0 Å². The highest BCUT2D eigenvalue weighted by Gasteiger charge is 2.08. The predicted molar refractivity (Wildman–Crippen MR) is 64.4 cm³/mol. The van der Waals surface area contributed by atoms with Gasteiger partial charge in [-0.25, -0.2) is 4.68 Å². The van der Waals surface area contributed by atoms with Crippen LogP contribution in [0.3, 0.4) is 0 Å². The highest BCUT2D eigenvalue weighted by Crippen LogP contribution is 2.05. The van der Waals surface area contributed by atoms with Gasteiger partial charge in [0, 0.05) is 12.7 Å². The molecule has 1 aromatic heterocycles. The fourth-order valence-corrected chi connectivity index (χ4v) is 1.21. The molecular weight excluding hydrogens is 220 g/mol. The molecule has 0 amide bonds. The van der Waals surface area contributed by atoms with Crippen molar-refractivity contribution in [3.63, 3.8) is 0 Å². The van der Waals surface area contributed by atoms with Crippen molar-refractivity contribution in [2.24, 2.45) is 5.73 Å². The SMILES string of the molecule is CC(C)(C)OCCOCCn1cc(CN)nn1. The molecule has 0 saturated heterocycles. The summed E-state index contributed by atoms with van der Waals surface area (Å²) in [4.78, 5) is 0. The third kappa shape index (κ3) is 6.35. The second-order valence-corrected chi connectivity index (χ2v) is 4.75. The van der Waals surface area contributed by atoms with Crippen LogP contribution in [0.4, 0.5) is 0 Å². The molecule has 17 heavy (non-hydrogen) atoms. The minimum absolute atomic E-state index is 0.106. The van der Waals surface area contributed by atoms with Gasteiger partial charge in [0.2, 0.25) is 0 Å². The van der Waals surface area contributed by atoms with Crippen LogP contribution in [-0.4, -0.2) is 40.4 Å². The molecular formula is C11H22N4O2. The number of hydrogen-bond acceptors (Lipinski definition) is 5. The molecule has 6 nitrogen and oxygen atoms in total. The first-order chi connectivity index (χ1) is 8.01. The van der Waals surface area contributed by atoms with Crippen molar-refractivity contribution >= 4 is 0 Å². The lowest BCUT2D eigenvalue weighted by Gasteiger charge is -2.19. The van der Waals surface area contributed by atoms with E-state index in [9.17, 15) is 0 Å². The lowest BCUT2D eigenvalue weighted by molar-refractivity contribution is -0.0359.